The van der Waals surface area contributed by atoms with E-state index in [0.29, 0.717) is 6.29 Å². The molecule has 0 aliphatic heterocycles. The Morgan fingerprint density at radius 2 is 1.33 bits per heavy atom. The standard InChI is InChI=1S/C8H18.C3H4O/c1-3-5-7-8-6-4-2;1-2-3-4/h3-8H2,1-2H3;2-3H,1H2. The number of unbranched alkanes of at least 4 members (excludes halogenated alkanes) is 5. The summed E-state index contributed by atoms with van der Waals surface area (Å²) in [7, 11) is 0. The maximum Gasteiger partial charge on any atom is 0.142 e. The summed E-state index contributed by atoms with van der Waals surface area (Å²) in [5.74, 6) is 0. The molecule has 0 fully saturated rings. The molecule has 0 saturated carbocycles. The molecule has 0 radical (unpaired) electrons. The normalized spacial score (nSPS) is 8.17. The molecule has 0 aliphatic rings. The first kappa shape index (κ1) is 14.0. The third kappa shape index (κ3) is 22.7. The van der Waals surface area contributed by atoms with Crippen LogP contribution in [0.3, 0.4) is 0 Å². The maximum absolute atomic E-state index is 9.06. The quantitative estimate of drug-likeness (QED) is 0.337. The van der Waals surface area contributed by atoms with E-state index in [9.17, 15) is 0 Å². The fraction of sp³-hybridized carbons (Fsp3) is 0.727. The summed E-state index contributed by atoms with van der Waals surface area (Å²) in [6, 6.07) is 0. The van der Waals surface area contributed by atoms with E-state index < -0.39 is 0 Å². The first-order valence-electron chi connectivity index (χ1n) is 4.89. The predicted octanol–water partition coefficient (Wildman–Crippen LogP) is 3.74. The number of rotatable bonds is 6. The van der Waals surface area contributed by atoms with Crippen LogP contribution in [0.25, 0.3) is 0 Å². The highest BCUT2D eigenvalue weighted by molar-refractivity contribution is 5.63. The SMILES string of the molecule is C=CC=O.CCCCCCCC. The van der Waals surface area contributed by atoms with Gasteiger partial charge in [-0.15, -0.1) is 0 Å². The molecule has 0 saturated heterocycles. The van der Waals surface area contributed by atoms with Crippen molar-refractivity contribution >= 4 is 6.29 Å². The molecule has 0 heterocycles. The molecule has 0 bridgehead atoms. The Labute approximate surface area is 76.9 Å². The summed E-state index contributed by atoms with van der Waals surface area (Å²) >= 11 is 0. The molecule has 0 rings (SSSR count). The zero-order valence-electron chi connectivity index (χ0n) is 8.51. The molecule has 0 spiro atoms. The molecule has 0 aromatic heterocycles. The van der Waals surface area contributed by atoms with E-state index in [4.69, 9.17) is 4.79 Å². The lowest BCUT2D eigenvalue weighted by atomic mass is 10.1. The summed E-state index contributed by atoms with van der Waals surface area (Å²) in [4.78, 5) is 9.06. The van der Waals surface area contributed by atoms with E-state index in [1.54, 1.807) is 0 Å². The van der Waals surface area contributed by atoms with Crippen molar-refractivity contribution in [3.8, 4) is 0 Å². The molecule has 72 valence electrons. The van der Waals surface area contributed by atoms with Crippen LogP contribution in [-0.4, -0.2) is 6.29 Å². The number of hydrogen-bond acceptors (Lipinski definition) is 1. The van der Waals surface area contributed by atoms with E-state index in [1.165, 1.54) is 44.6 Å². The number of aldehydes is 1. The van der Waals surface area contributed by atoms with Gasteiger partial charge in [-0.3, -0.25) is 4.79 Å². The van der Waals surface area contributed by atoms with Gasteiger partial charge in [0.1, 0.15) is 6.29 Å². The van der Waals surface area contributed by atoms with Crippen LogP contribution in [0.4, 0.5) is 0 Å². The van der Waals surface area contributed by atoms with Crippen molar-refractivity contribution in [1.29, 1.82) is 0 Å². The van der Waals surface area contributed by atoms with E-state index in [-0.39, 0.29) is 0 Å². The Kier molecular flexibility index (Phi) is 19.5. The minimum Gasteiger partial charge on any atom is -0.299 e. The van der Waals surface area contributed by atoms with E-state index >= 15 is 0 Å². The Morgan fingerprint density at radius 1 is 1.00 bits per heavy atom. The molecule has 0 N–H and O–H groups in total. The van der Waals surface area contributed by atoms with Crippen LogP contribution in [0.5, 0.6) is 0 Å². The van der Waals surface area contributed by atoms with Crippen molar-refractivity contribution in [3.63, 3.8) is 0 Å². The second kappa shape index (κ2) is 16.8. The van der Waals surface area contributed by atoms with Gasteiger partial charge in [-0.1, -0.05) is 59.0 Å². The smallest absolute Gasteiger partial charge is 0.142 e. The molecule has 0 aliphatic carbocycles. The number of allylic oxidation sites excluding steroid dienone is 1. The first-order chi connectivity index (χ1) is 5.83. The van der Waals surface area contributed by atoms with E-state index in [2.05, 4.69) is 20.4 Å². The van der Waals surface area contributed by atoms with Crippen LogP contribution in [0.1, 0.15) is 52.4 Å². The summed E-state index contributed by atoms with van der Waals surface area (Å²) in [5.41, 5.74) is 0. The Morgan fingerprint density at radius 3 is 1.50 bits per heavy atom. The highest BCUT2D eigenvalue weighted by Crippen LogP contribution is 2.03. The summed E-state index contributed by atoms with van der Waals surface area (Å²) in [6.45, 7) is 7.62. The molecule has 12 heavy (non-hydrogen) atoms. The molecule has 0 aromatic rings. The monoisotopic (exact) mass is 170 g/mol. The van der Waals surface area contributed by atoms with Crippen molar-refractivity contribution in [2.24, 2.45) is 0 Å². The third-order valence-corrected chi connectivity index (χ3v) is 1.55. The van der Waals surface area contributed by atoms with Gasteiger partial charge in [0.2, 0.25) is 0 Å². The van der Waals surface area contributed by atoms with Crippen LogP contribution in [0.2, 0.25) is 0 Å². The first-order valence-corrected chi connectivity index (χ1v) is 4.89. The second-order valence-corrected chi connectivity index (χ2v) is 2.79. The van der Waals surface area contributed by atoms with Gasteiger partial charge in [0, 0.05) is 0 Å². The van der Waals surface area contributed by atoms with Crippen LogP contribution >= 0.6 is 0 Å². The van der Waals surface area contributed by atoms with E-state index in [1.807, 2.05) is 0 Å². The highest BCUT2D eigenvalue weighted by Gasteiger charge is 1.83. The summed E-state index contributed by atoms with van der Waals surface area (Å²) in [6.07, 6.45) is 10.3. The fourth-order valence-corrected chi connectivity index (χ4v) is 0.854. The Balaban J connectivity index is 0. The van der Waals surface area contributed by atoms with Crippen molar-refractivity contribution in [2.45, 2.75) is 52.4 Å². The lowest BCUT2D eigenvalue weighted by Crippen LogP contribution is -1.73. The molecule has 0 aromatic carbocycles. The lowest BCUT2D eigenvalue weighted by molar-refractivity contribution is -0.104. The van der Waals surface area contributed by atoms with Gasteiger partial charge in [0.25, 0.3) is 0 Å². The lowest BCUT2D eigenvalue weighted by Gasteiger charge is -1.93. The van der Waals surface area contributed by atoms with Gasteiger partial charge in [0.15, 0.2) is 0 Å². The molecule has 0 amide bonds. The average molecular weight is 170 g/mol. The summed E-state index contributed by atoms with van der Waals surface area (Å²) < 4.78 is 0. The third-order valence-electron chi connectivity index (χ3n) is 1.55. The zero-order chi connectivity index (χ0) is 9.66. The van der Waals surface area contributed by atoms with Gasteiger partial charge in [0.05, 0.1) is 0 Å². The predicted molar refractivity (Wildman–Crippen MR) is 55.3 cm³/mol. The fourth-order valence-electron chi connectivity index (χ4n) is 0.854. The van der Waals surface area contributed by atoms with Crippen LogP contribution in [0, 0.1) is 0 Å². The van der Waals surface area contributed by atoms with Crippen LogP contribution < -0.4 is 0 Å². The van der Waals surface area contributed by atoms with Crippen LogP contribution in [0.15, 0.2) is 12.7 Å². The van der Waals surface area contributed by atoms with Gasteiger partial charge < -0.3 is 0 Å². The second-order valence-electron chi connectivity index (χ2n) is 2.79. The van der Waals surface area contributed by atoms with Crippen LogP contribution in [-0.2, 0) is 4.79 Å². The average Bonchev–Trinajstić information content (AvgIpc) is 2.13. The van der Waals surface area contributed by atoms with Gasteiger partial charge >= 0.3 is 0 Å². The Hall–Kier alpha value is -0.590. The van der Waals surface area contributed by atoms with Gasteiger partial charge in [-0.25, -0.2) is 0 Å². The topological polar surface area (TPSA) is 17.1 Å². The van der Waals surface area contributed by atoms with Crippen molar-refractivity contribution in [3.05, 3.63) is 12.7 Å². The van der Waals surface area contributed by atoms with Crippen molar-refractivity contribution < 1.29 is 4.79 Å². The summed E-state index contributed by atoms with van der Waals surface area (Å²) in [5, 5.41) is 0. The molecular formula is C11H22O. The van der Waals surface area contributed by atoms with Gasteiger partial charge in [-0.2, -0.15) is 0 Å². The highest BCUT2D eigenvalue weighted by atomic mass is 16.1. The van der Waals surface area contributed by atoms with Crippen molar-refractivity contribution in [2.75, 3.05) is 0 Å². The Bertz CT molecular complexity index is 75.0. The minimum atomic E-state index is 0.639. The molecule has 1 heteroatoms. The minimum absolute atomic E-state index is 0.639. The van der Waals surface area contributed by atoms with E-state index in [0.717, 1.165) is 0 Å². The molecule has 1 nitrogen and oxygen atoms in total. The maximum atomic E-state index is 9.06. The number of carbonyl (C=O) groups excluding carboxylic acids is 1. The number of carbonyl (C=O) groups is 1. The number of hydrogen-bond donors (Lipinski definition) is 0. The molecular weight excluding hydrogens is 148 g/mol. The van der Waals surface area contributed by atoms with Gasteiger partial charge in [-0.05, 0) is 6.08 Å². The largest absolute Gasteiger partial charge is 0.299 e. The molecule has 0 unspecified atom stereocenters. The van der Waals surface area contributed by atoms with Crippen molar-refractivity contribution in [1.82, 2.24) is 0 Å². The molecule has 0 atom stereocenters. The zero-order valence-corrected chi connectivity index (χ0v) is 8.51.